The molecule has 0 amide bonds. The topological polar surface area (TPSA) is 3.88 Å². The summed E-state index contributed by atoms with van der Waals surface area (Å²) in [5.41, 5.74) is 1.47. The fourth-order valence-electron chi connectivity index (χ4n) is 1.04. The molecule has 0 spiro atoms. The second kappa shape index (κ2) is 1.31. The van der Waals surface area contributed by atoms with Crippen LogP contribution in [0.3, 0.4) is 0 Å². The first-order valence-corrected chi connectivity index (χ1v) is 2.94. The van der Waals surface area contributed by atoms with Crippen LogP contribution in [0.4, 0.5) is 0 Å². The molecule has 0 aliphatic carbocycles. The maximum Gasteiger partial charge on any atom is 0.187 e. The van der Waals surface area contributed by atoms with Gasteiger partial charge in [0.2, 0.25) is 0 Å². The number of hydrogen-bond acceptors (Lipinski definition) is 0. The molecule has 0 unspecified atom stereocenters. The molecular weight excluding hydrogens is 98.1 g/mol. The fourth-order valence-corrected chi connectivity index (χ4v) is 1.04. The number of aromatic nitrogens is 1. The van der Waals surface area contributed by atoms with Crippen molar-refractivity contribution in [3.63, 3.8) is 0 Å². The molecule has 0 aromatic carbocycles. The Bertz CT molecular complexity index is 182. The van der Waals surface area contributed by atoms with Gasteiger partial charge in [-0.25, -0.2) is 4.57 Å². The summed E-state index contributed by atoms with van der Waals surface area (Å²) in [5, 5.41) is 0. The average molecular weight is 106 g/mol. The predicted molar refractivity (Wildman–Crippen MR) is 30.3 cm³/mol. The molecule has 0 atom stereocenters. The van der Waals surface area contributed by atoms with E-state index in [9.17, 15) is 0 Å². The van der Waals surface area contributed by atoms with E-state index in [2.05, 4.69) is 29.0 Å². The van der Waals surface area contributed by atoms with Crippen molar-refractivity contribution >= 4 is 0 Å². The number of hydrogen-bond donors (Lipinski definition) is 0. The smallest absolute Gasteiger partial charge is 0.187 e. The van der Waals surface area contributed by atoms with Crippen molar-refractivity contribution in [2.75, 3.05) is 0 Å². The summed E-state index contributed by atoms with van der Waals surface area (Å²) in [5.74, 6) is 0. The Labute approximate surface area is 48.6 Å². The van der Waals surface area contributed by atoms with Crippen LogP contribution < -0.4 is 4.57 Å². The van der Waals surface area contributed by atoms with Gasteiger partial charge in [-0.15, -0.1) is 0 Å². The molecule has 2 heterocycles. The molecule has 1 heteroatoms. The fraction of sp³-hybridized carbons (Fsp3) is 0.286. The van der Waals surface area contributed by atoms with Gasteiger partial charge in [-0.05, 0) is 0 Å². The lowest BCUT2D eigenvalue weighted by atomic mass is 10.1. The van der Waals surface area contributed by atoms with Crippen molar-refractivity contribution in [3.8, 4) is 0 Å². The van der Waals surface area contributed by atoms with E-state index in [1.165, 1.54) is 18.7 Å². The standard InChI is InChI=1S/C7H8N/c1-2-5-8-6-4-7(8)3-1/h1-3,5H,4,6H2/q+1. The number of nitrogens with zero attached hydrogens (tertiary/aromatic N) is 1. The Balaban J connectivity index is 2.62. The van der Waals surface area contributed by atoms with Gasteiger partial charge < -0.3 is 0 Å². The van der Waals surface area contributed by atoms with Crippen molar-refractivity contribution in [1.82, 2.24) is 0 Å². The Morgan fingerprint density at radius 3 is 2.75 bits per heavy atom. The number of rotatable bonds is 0. The van der Waals surface area contributed by atoms with Gasteiger partial charge in [-0.2, -0.15) is 0 Å². The van der Waals surface area contributed by atoms with Crippen molar-refractivity contribution in [2.24, 2.45) is 0 Å². The highest BCUT2D eigenvalue weighted by Crippen LogP contribution is 2.00. The normalized spacial score (nSPS) is 14.5. The van der Waals surface area contributed by atoms with Crippen LogP contribution in [-0.2, 0) is 13.0 Å². The minimum Gasteiger partial charge on any atom is -0.202 e. The molecule has 0 radical (unpaired) electrons. The molecule has 1 aliphatic rings. The van der Waals surface area contributed by atoms with E-state index in [1.807, 2.05) is 0 Å². The van der Waals surface area contributed by atoms with Crippen molar-refractivity contribution < 1.29 is 4.57 Å². The van der Waals surface area contributed by atoms with Crippen LogP contribution in [0.5, 0.6) is 0 Å². The summed E-state index contributed by atoms with van der Waals surface area (Å²) in [6, 6.07) is 6.33. The summed E-state index contributed by atoms with van der Waals surface area (Å²) in [4.78, 5) is 0. The van der Waals surface area contributed by atoms with Gasteiger partial charge in [0.15, 0.2) is 18.4 Å². The van der Waals surface area contributed by atoms with Crippen molar-refractivity contribution in [3.05, 3.63) is 30.1 Å². The van der Waals surface area contributed by atoms with Crippen LogP contribution in [0.2, 0.25) is 0 Å². The SMILES string of the molecule is c1cc[n+]2c(c1)CC2. The molecule has 0 bridgehead atoms. The molecular formula is C7H8N+. The number of aryl methyl sites for hydroxylation is 2. The predicted octanol–water partition coefficient (Wildman–Crippen LogP) is 0.530. The first kappa shape index (κ1) is 4.07. The van der Waals surface area contributed by atoms with Crippen LogP contribution >= 0.6 is 0 Å². The molecule has 0 saturated heterocycles. The summed E-state index contributed by atoms with van der Waals surface area (Å²) >= 11 is 0. The first-order valence-electron chi connectivity index (χ1n) is 2.94. The number of pyridine rings is 1. The van der Waals surface area contributed by atoms with E-state index in [0.29, 0.717) is 0 Å². The van der Waals surface area contributed by atoms with E-state index in [4.69, 9.17) is 0 Å². The van der Waals surface area contributed by atoms with E-state index < -0.39 is 0 Å². The summed E-state index contributed by atoms with van der Waals surface area (Å²) in [7, 11) is 0. The Kier molecular flexibility index (Phi) is 0.668. The third-order valence-corrected chi connectivity index (χ3v) is 1.64. The van der Waals surface area contributed by atoms with E-state index in [0.717, 1.165) is 0 Å². The van der Waals surface area contributed by atoms with Crippen molar-refractivity contribution in [2.45, 2.75) is 13.0 Å². The van der Waals surface area contributed by atoms with Gasteiger partial charge in [0.1, 0.15) is 0 Å². The molecule has 40 valence electrons. The molecule has 0 N–H and O–H groups in total. The Morgan fingerprint density at radius 2 is 2.38 bits per heavy atom. The Morgan fingerprint density at radius 1 is 1.38 bits per heavy atom. The lowest BCUT2D eigenvalue weighted by molar-refractivity contribution is -0.740. The van der Waals surface area contributed by atoms with E-state index in [-0.39, 0.29) is 0 Å². The minimum atomic E-state index is 1.22. The molecule has 1 aliphatic heterocycles. The lowest BCUT2D eigenvalue weighted by Crippen LogP contribution is -2.48. The third kappa shape index (κ3) is 0.386. The molecule has 8 heavy (non-hydrogen) atoms. The van der Waals surface area contributed by atoms with Gasteiger partial charge in [0, 0.05) is 12.1 Å². The van der Waals surface area contributed by atoms with Gasteiger partial charge in [-0.1, -0.05) is 6.07 Å². The Hall–Kier alpha value is -0.850. The van der Waals surface area contributed by atoms with Crippen LogP contribution in [0.15, 0.2) is 24.4 Å². The maximum absolute atomic E-state index is 2.26. The average Bonchev–Trinajstić information content (AvgIpc) is 1.72. The molecule has 0 fully saturated rings. The molecule has 1 aromatic rings. The summed E-state index contributed by atoms with van der Waals surface area (Å²) < 4.78 is 2.26. The van der Waals surface area contributed by atoms with Gasteiger partial charge >= 0.3 is 0 Å². The second-order valence-corrected chi connectivity index (χ2v) is 2.14. The van der Waals surface area contributed by atoms with Crippen molar-refractivity contribution in [1.29, 1.82) is 0 Å². The molecule has 1 aromatic heterocycles. The van der Waals surface area contributed by atoms with E-state index >= 15 is 0 Å². The quantitative estimate of drug-likeness (QED) is 0.425. The highest BCUT2D eigenvalue weighted by Gasteiger charge is 2.19. The molecule has 0 saturated carbocycles. The van der Waals surface area contributed by atoms with Gasteiger partial charge in [0.25, 0.3) is 0 Å². The maximum atomic E-state index is 2.26. The van der Waals surface area contributed by atoms with Crippen LogP contribution in [-0.4, -0.2) is 0 Å². The highest BCUT2D eigenvalue weighted by atomic mass is 15.0. The monoisotopic (exact) mass is 106 g/mol. The third-order valence-electron chi connectivity index (χ3n) is 1.64. The molecule has 2 rings (SSSR count). The zero-order valence-electron chi connectivity index (χ0n) is 4.67. The largest absolute Gasteiger partial charge is 0.202 e. The van der Waals surface area contributed by atoms with Gasteiger partial charge in [-0.3, -0.25) is 0 Å². The minimum absolute atomic E-state index is 1.22. The summed E-state index contributed by atoms with van der Waals surface area (Å²) in [6.45, 7) is 1.22. The van der Waals surface area contributed by atoms with Crippen LogP contribution in [0, 0.1) is 0 Å². The lowest BCUT2D eigenvalue weighted by Gasteiger charge is -2.08. The highest BCUT2D eigenvalue weighted by molar-refractivity contribution is 4.99. The molecule has 1 nitrogen and oxygen atoms in total. The van der Waals surface area contributed by atoms with E-state index in [1.54, 1.807) is 0 Å². The van der Waals surface area contributed by atoms with Gasteiger partial charge in [0.05, 0.1) is 6.42 Å². The zero-order valence-corrected chi connectivity index (χ0v) is 4.67. The van der Waals surface area contributed by atoms with Crippen LogP contribution in [0.25, 0.3) is 0 Å². The number of fused-ring (bicyclic) bond motifs is 1. The zero-order chi connectivity index (χ0) is 5.40. The first-order chi connectivity index (χ1) is 3.97. The summed E-state index contributed by atoms with van der Waals surface area (Å²) in [6.07, 6.45) is 3.39. The van der Waals surface area contributed by atoms with Crippen LogP contribution in [0.1, 0.15) is 5.69 Å². The second-order valence-electron chi connectivity index (χ2n) is 2.14.